The molecule has 0 spiro atoms. The Labute approximate surface area is 202 Å². The molecule has 35 heavy (non-hydrogen) atoms. The van der Waals surface area contributed by atoms with Crippen molar-refractivity contribution in [3.63, 3.8) is 0 Å². The first-order valence-corrected chi connectivity index (χ1v) is 11.5. The first-order chi connectivity index (χ1) is 16.9. The van der Waals surface area contributed by atoms with Crippen LogP contribution in [0.3, 0.4) is 0 Å². The van der Waals surface area contributed by atoms with Crippen molar-refractivity contribution in [2.24, 2.45) is 5.92 Å². The number of rotatable bonds is 2. The van der Waals surface area contributed by atoms with Crippen molar-refractivity contribution in [2.45, 2.75) is 25.9 Å². The summed E-state index contributed by atoms with van der Waals surface area (Å²) in [4.78, 5) is 27.7. The molecule has 2 aromatic carbocycles. The molecule has 7 nitrogen and oxygen atoms in total. The van der Waals surface area contributed by atoms with Crippen molar-refractivity contribution in [3.8, 4) is 11.5 Å². The molecule has 1 amide bonds. The number of hydrogen-bond acceptors (Lipinski definition) is 5. The number of benzene rings is 2. The maximum Gasteiger partial charge on any atom is 0.278 e. The zero-order chi connectivity index (χ0) is 24.7. The van der Waals surface area contributed by atoms with Gasteiger partial charge in [0, 0.05) is 17.8 Å². The highest BCUT2D eigenvalue weighted by molar-refractivity contribution is 5.96. The van der Waals surface area contributed by atoms with Crippen molar-refractivity contribution in [2.75, 3.05) is 18.3 Å². The second kappa shape index (κ2) is 8.94. The standard InChI is InChI=1S/C27H26FN3O4/c1-17(2)21-12-7-15-35-26-19(10-6-11-20(26)28)23(18-8-4-3-5-9-18)31-16-29(21)27(34)24-25(33)22(32)13-14-30(24)31/h3-14,17,21,23,33H,15-16H2,1-2H3/b12-7+/t21?,23-/m0/s1. The Morgan fingerprint density at radius 2 is 1.83 bits per heavy atom. The van der Waals surface area contributed by atoms with Crippen LogP contribution in [0.25, 0.3) is 0 Å². The van der Waals surface area contributed by atoms with Gasteiger partial charge in [0.05, 0.1) is 6.04 Å². The largest absolute Gasteiger partial charge is 0.502 e. The number of aromatic hydroxyl groups is 1. The molecule has 5 rings (SSSR count). The third-order valence-corrected chi connectivity index (χ3v) is 6.50. The van der Waals surface area contributed by atoms with E-state index in [0.29, 0.717) is 5.56 Å². The number of para-hydroxylation sites is 1. The van der Waals surface area contributed by atoms with Crippen LogP contribution >= 0.6 is 0 Å². The summed E-state index contributed by atoms with van der Waals surface area (Å²) in [5.41, 5.74) is 0.626. The summed E-state index contributed by atoms with van der Waals surface area (Å²) in [6, 6.07) is 14.5. The number of hydrogen-bond donors (Lipinski definition) is 1. The molecule has 1 aromatic heterocycles. The molecule has 2 aliphatic heterocycles. The van der Waals surface area contributed by atoms with Gasteiger partial charge in [-0.2, -0.15) is 0 Å². The van der Waals surface area contributed by atoms with Crippen molar-refractivity contribution in [1.82, 2.24) is 9.58 Å². The Morgan fingerprint density at radius 1 is 1.06 bits per heavy atom. The first kappa shape index (κ1) is 22.7. The summed E-state index contributed by atoms with van der Waals surface area (Å²) in [6.07, 6.45) is 5.11. The van der Waals surface area contributed by atoms with E-state index in [1.807, 2.05) is 55.3 Å². The van der Waals surface area contributed by atoms with E-state index < -0.39 is 28.9 Å². The van der Waals surface area contributed by atoms with Crippen molar-refractivity contribution in [3.05, 3.63) is 106 Å². The van der Waals surface area contributed by atoms with Gasteiger partial charge in [0.15, 0.2) is 23.0 Å². The van der Waals surface area contributed by atoms with Gasteiger partial charge >= 0.3 is 0 Å². The molecule has 1 N–H and O–H groups in total. The fourth-order valence-corrected chi connectivity index (χ4v) is 4.84. The zero-order valence-corrected chi connectivity index (χ0v) is 19.5. The minimum Gasteiger partial charge on any atom is -0.502 e. The van der Waals surface area contributed by atoms with Gasteiger partial charge < -0.3 is 14.7 Å². The predicted molar refractivity (Wildman–Crippen MR) is 130 cm³/mol. The number of carbonyl (C=O) groups excluding carboxylic acids is 1. The van der Waals surface area contributed by atoms with Crippen molar-refractivity contribution < 1.29 is 19.0 Å². The number of nitrogens with zero attached hydrogens (tertiary/aromatic N) is 3. The van der Waals surface area contributed by atoms with Crippen molar-refractivity contribution in [1.29, 1.82) is 0 Å². The van der Waals surface area contributed by atoms with Crippen LogP contribution in [0.4, 0.5) is 4.39 Å². The average Bonchev–Trinajstić information content (AvgIpc) is 2.87. The Hall–Kier alpha value is -4.07. The lowest BCUT2D eigenvalue weighted by atomic mass is 9.96. The van der Waals surface area contributed by atoms with E-state index in [9.17, 15) is 14.7 Å². The molecule has 2 atom stereocenters. The van der Waals surface area contributed by atoms with Crippen LogP contribution in [0, 0.1) is 11.7 Å². The van der Waals surface area contributed by atoms with Gasteiger partial charge in [-0.3, -0.25) is 19.3 Å². The lowest BCUT2D eigenvalue weighted by Crippen LogP contribution is -2.58. The van der Waals surface area contributed by atoms with Crippen LogP contribution < -0.4 is 15.2 Å². The molecule has 2 bridgehead atoms. The van der Waals surface area contributed by atoms with E-state index in [0.717, 1.165) is 5.56 Å². The van der Waals surface area contributed by atoms with Crippen LogP contribution in [0.2, 0.25) is 0 Å². The molecule has 3 aromatic rings. The molecule has 0 saturated heterocycles. The summed E-state index contributed by atoms with van der Waals surface area (Å²) < 4.78 is 22.5. The summed E-state index contributed by atoms with van der Waals surface area (Å²) in [6.45, 7) is 4.24. The van der Waals surface area contributed by atoms with Gasteiger partial charge in [-0.25, -0.2) is 4.39 Å². The van der Waals surface area contributed by atoms with Crippen LogP contribution in [0.1, 0.15) is 41.5 Å². The molecule has 2 aliphatic rings. The highest BCUT2D eigenvalue weighted by Gasteiger charge is 2.40. The van der Waals surface area contributed by atoms with E-state index in [2.05, 4.69) is 0 Å². The van der Waals surface area contributed by atoms with Crippen molar-refractivity contribution >= 4 is 5.91 Å². The number of fused-ring (bicyclic) bond motifs is 5. The topological polar surface area (TPSA) is 75.0 Å². The van der Waals surface area contributed by atoms with Crippen LogP contribution in [0.5, 0.6) is 11.5 Å². The molecule has 0 aliphatic carbocycles. The van der Waals surface area contributed by atoms with E-state index in [-0.39, 0.29) is 36.7 Å². The number of aromatic nitrogens is 1. The van der Waals surface area contributed by atoms with Gasteiger partial charge in [-0.15, -0.1) is 0 Å². The number of ether oxygens (including phenoxy) is 1. The Bertz CT molecular complexity index is 1350. The highest BCUT2D eigenvalue weighted by Crippen LogP contribution is 2.38. The van der Waals surface area contributed by atoms with E-state index >= 15 is 4.39 Å². The van der Waals surface area contributed by atoms with E-state index in [4.69, 9.17) is 4.74 Å². The smallest absolute Gasteiger partial charge is 0.278 e. The van der Waals surface area contributed by atoms with E-state index in [1.165, 1.54) is 23.0 Å². The fourth-order valence-electron chi connectivity index (χ4n) is 4.84. The molecule has 0 radical (unpaired) electrons. The normalized spacial score (nSPS) is 20.5. The van der Waals surface area contributed by atoms with Crippen LogP contribution in [0.15, 0.2) is 77.7 Å². The third-order valence-electron chi connectivity index (χ3n) is 6.50. The van der Waals surface area contributed by atoms with Gasteiger partial charge in [-0.05, 0) is 23.6 Å². The Kier molecular flexibility index (Phi) is 5.80. The Balaban J connectivity index is 1.84. The number of amides is 1. The Morgan fingerprint density at radius 3 is 2.57 bits per heavy atom. The lowest BCUT2D eigenvalue weighted by Gasteiger charge is -2.46. The maximum atomic E-state index is 15.1. The van der Waals surface area contributed by atoms with Crippen LogP contribution in [-0.2, 0) is 0 Å². The summed E-state index contributed by atoms with van der Waals surface area (Å²) in [5, 5.41) is 12.6. The fraction of sp³-hybridized carbons (Fsp3) is 0.259. The summed E-state index contributed by atoms with van der Waals surface area (Å²) in [5.74, 6) is -1.42. The highest BCUT2D eigenvalue weighted by atomic mass is 19.1. The molecular formula is C27H26FN3O4. The summed E-state index contributed by atoms with van der Waals surface area (Å²) >= 11 is 0. The van der Waals surface area contributed by atoms with Gasteiger partial charge in [0.25, 0.3) is 5.91 Å². The maximum absolute atomic E-state index is 15.1. The quantitative estimate of drug-likeness (QED) is 0.571. The number of halogens is 1. The lowest BCUT2D eigenvalue weighted by molar-refractivity contribution is 0.0588. The summed E-state index contributed by atoms with van der Waals surface area (Å²) in [7, 11) is 0. The molecular weight excluding hydrogens is 449 g/mol. The van der Waals surface area contributed by atoms with Crippen LogP contribution in [-0.4, -0.2) is 39.9 Å². The second-order valence-electron chi connectivity index (χ2n) is 9.02. The molecule has 0 fully saturated rings. The SMILES string of the molecule is CC(C)C1/C=C/COc2c(F)cccc2[C@H](c2ccccc2)N2CN1C(=O)c1c(O)c(=O)ccn12. The van der Waals surface area contributed by atoms with E-state index in [1.54, 1.807) is 23.1 Å². The minimum atomic E-state index is -0.640. The molecule has 8 heteroatoms. The monoisotopic (exact) mass is 475 g/mol. The number of pyridine rings is 1. The number of carbonyl (C=O) groups is 1. The minimum absolute atomic E-state index is 0.0243. The van der Waals surface area contributed by atoms with Gasteiger partial charge in [0.2, 0.25) is 5.43 Å². The molecule has 1 unspecified atom stereocenters. The van der Waals surface area contributed by atoms with Gasteiger partial charge in [0.1, 0.15) is 19.3 Å². The average molecular weight is 476 g/mol. The van der Waals surface area contributed by atoms with Gasteiger partial charge in [-0.1, -0.05) is 62.4 Å². The third kappa shape index (κ3) is 3.84. The predicted octanol–water partition coefficient (Wildman–Crippen LogP) is 3.81. The first-order valence-electron chi connectivity index (χ1n) is 11.5. The second-order valence-corrected chi connectivity index (χ2v) is 9.02. The molecule has 3 heterocycles. The zero-order valence-electron chi connectivity index (χ0n) is 19.5. The molecule has 0 saturated carbocycles. The molecule has 180 valence electrons.